The summed E-state index contributed by atoms with van der Waals surface area (Å²) in [5, 5.41) is 10.00. The Hall–Kier alpha value is -1.80. The van der Waals surface area contributed by atoms with Crippen LogP contribution >= 0.6 is 0 Å². The second-order valence-corrected chi connectivity index (χ2v) is 5.28. The molecule has 2 nitrogen and oxygen atoms in total. The van der Waals surface area contributed by atoms with Crippen LogP contribution < -0.4 is 5.73 Å². The Bertz CT molecular complexity index is 571. The maximum Gasteiger partial charge on any atom is 0.119 e. The van der Waals surface area contributed by atoms with Gasteiger partial charge in [0.25, 0.3) is 0 Å². The summed E-state index contributed by atoms with van der Waals surface area (Å²) in [6.07, 6.45) is 0. The summed E-state index contributed by atoms with van der Waals surface area (Å²) in [5.74, 6) is 0.692. The van der Waals surface area contributed by atoms with Crippen molar-refractivity contribution in [2.24, 2.45) is 5.73 Å². The fourth-order valence-electron chi connectivity index (χ4n) is 2.30. The molecule has 0 atom stereocenters. The van der Waals surface area contributed by atoms with Crippen molar-refractivity contribution in [3.05, 3.63) is 53.1 Å². The van der Waals surface area contributed by atoms with Gasteiger partial charge in [-0.15, -0.1) is 0 Å². The Morgan fingerprint density at radius 2 is 1.74 bits per heavy atom. The zero-order valence-corrected chi connectivity index (χ0v) is 11.8. The Morgan fingerprint density at radius 3 is 2.26 bits per heavy atom. The molecule has 0 radical (unpaired) electrons. The van der Waals surface area contributed by atoms with Crippen molar-refractivity contribution in [3.8, 4) is 16.9 Å². The first-order chi connectivity index (χ1) is 9.02. The predicted octanol–water partition coefficient (Wildman–Crippen LogP) is 3.95. The van der Waals surface area contributed by atoms with Crippen molar-refractivity contribution < 1.29 is 5.11 Å². The zero-order chi connectivity index (χ0) is 14.0. The molecule has 0 unspecified atom stereocenters. The van der Waals surface area contributed by atoms with Gasteiger partial charge in [0, 0.05) is 6.54 Å². The number of aromatic hydroxyl groups is 1. The summed E-state index contributed by atoms with van der Waals surface area (Å²) < 4.78 is 0. The number of nitrogens with two attached hydrogens (primary N) is 1. The van der Waals surface area contributed by atoms with Crippen LogP contribution in [0.15, 0.2) is 36.4 Å². The van der Waals surface area contributed by atoms with Crippen molar-refractivity contribution in [1.29, 1.82) is 0 Å². The van der Waals surface area contributed by atoms with Gasteiger partial charge < -0.3 is 10.8 Å². The maximum atomic E-state index is 10.00. The summed E-state index contributed by atoms with van der Waals surface area (Å²) in [4.78, 5) is 0. The molecule has 3 N–H and O–H groups in total. The molecule has 0 aliphatic heterocycles. The molecule has 2 aromatic carbocycles. The van der Waals surface area contributed by atoms with Gasteiger partial charge >= 0.3 is 0 Å². The fourth-order valence-corrected chi connectivity index (χ4v) is 2.30. The van der Waals surface area contributed by atoms with E-state index in [1.807, 2.05) is 13.0 Å². The lowest BCUT2D eigenvalue weighted by Gasteiger charge is -2.14. The highest BCUT2D eigenvalue weighted by Crippen LogP contribution is 2.33. The molecule has 2 aromatic rings. The predicted molar refractivity (Wildman–Crippen MR) is 80.3 cm³/mol. The average Bonchev–Trinajstić information content (AvgIpc) is 2.38. The molecule has 100 valence electrons. The number of phenolic OH excluding ortho intramolecular Hbond substituents is 1. The highest BCUT2D eigenvalue weighted by Gasteiger charge is 2.11. The summed E-state index contributed by atoms with van der Waals surface area (Å²) in [6.45, 7) is 6.76. The number of hydrogen-bond donors (Lipinski definition) is 2. The molecule has 0 saturated heterocycles. The minimum absolute atomic E-state index is 0.308. The Labute approximate surface area is 114 Å². The SMILES string of the molecule is Cc1cc(O)c(C(C)C)cc1-c1ccc(CN)cc1. The van der Waals surface area contributed by atoms with Crippen molar-refractivity contribution in [3.63, 3.8) is 0 Å². The van der Waals surface area contributed by atoms with E-state index in [0.717, 1.165) is 22.3 Å². The summed E-state index contributed by atoms with van der Waals surface area (Å²) >= 11 is 0. The number of aryl methyl sites for hydroxylation is 1. The van der Waals surface area contributed by atoms with Gasteiger partial charge in [0.1, 0.15) is 5.75 Å². The zero-order valence-electron chi connectivity index (χ0n) is 11.8. The van der Waals surface area contributed by atoms with Gasteiger partial charge in [-0.3, -0.25) is 0 Å². The standard InChI is InChI=1S/C17H21NO/c1-11(2)15-9-16(12(3)8-17(15)19)14-6-4-13(10-18)5-7-14/h4-9,11,19H,10,18H2,1-3H3. The summed E-state index contributed by atoms with van der Waals surface area (Å²) in [7, 11) is 0. The molecule has 0 heterocycles. The monoisotopic (exact) mass is 255 g/mol. The lowest BCUT2D eigenvalue weighted by Crippen LogP contribution is -1.96. The van der Waals surface area contributed by atoms with E-state index >= 15 is 0 Å². The summed E-state index contributed by atoms with van der Waals surface area (Å²) in [5.41, 5.74) is 11.2. The fraction of sp³-hybridized carbons (Fsp3) is 0.294. The Balaban J connectivity index is 2.51. The van der Waals surface area contributed by atoms with E-state index in [0.29, 0.717) is 18.2 Å². The minimum Gasteiger partial charge on any atom is -0.508 e. The van der Waals surface area contributed by atoms with E-state index in [9.17, 15) is 5.11 Å². The van der Waals surface area contributed by atoms with Gasteiger partial charge in [-0.05, 0) is 52.8 Å². The largest absolute Gasteiger partial charge is 0.508 e. The normalized spacial score (nSPS) is 11.0. The van der Waals surface area contributed by atoms with E-state index in [1.165, 1.54) is 5.56 Å². The van der Waals surface area contributed by atoms with Crippen molar-refractivity contribution >= 4 is 0 Å². The highest BCUT2D eigenvalue weighted by molar-refractivity contribution is 5.70. The number of rotatable bonds is 3. The third-order valence-corrected chi connectivity index (χ3v) is 3.50. The minimum atomic E-state index is 0.308. The van der Waals surface area contributed by atoms with Gasteiger partial charge in [0.15, 0.2) is 0 Å². The second-order valence-electron chi connectivity index (χ2n) is 5.28. The van der Waals surface area contributed by atoms with Crippen LogP contribution in [0.1, 0.15) is 36.5 Å². The molecular formula is C17H21NO. The molecule has 2 heteroatoms. The molecule has 0 bridgehead atoms. The Kier molecular flexibility index (Phi) is 3.91. The van der Waals surface area contributed by atoms with Crippen LogP contribution in [0.25, 0.3) is 11.1 Å². The molecule has 0 aliphatic rings. The summed E-state index contributed by atoms with van der Waals surface area (Å²) in [6, 6.07) is 12.2. The second kappa shape index (κ2) is 5.45. The lowest BCUT2D eigenvalue weighted by atomic mass is 9.92. The third kappa shape index (κ3) is 2.79. The van der Waals surface area contributed by atoms with Gasteiger partial charge in [0.05, 0.1) is 0 Å². The quantitative estimate of drug-likeness (QED) is 0.872. The van der Waals surface area contributed by atoms with E-state index in [-0.39, 0.29) is 0 Å². The first-order valence-corrected chi connectivity index (χ1v) is 6.65. The molecule has 0 saturated carbocycles. The van der Waals surface area contributed by atoms with Crippen LogP contribution in [0.3, 0.4) is 0 Å². The van der Waals surface area contributed by atoms with Crippen LogP contribution in [-0.4, -0.2) is 5.11 Å². The molecule has 0 spiro atoms. The van der Waals surface area contributed by atoms with Crippen molar-refractivity contribution in [1.82, 2.24) is 0 Å². The van der Waals surface area contributed by atoms with Crippen molar-refractivity contribution in [2.75, 3.05) is 0 Å². The topological polar surface area (TPSA) is 46.2 Å². The first-order valence-electron chi connectivity index (χ1n) is 6.65. The van der Waals surface area contributed by atoms with E-state index in [1.54, 1.807) is 0 Å². The maximum absolute atomic E-state index is 10.00. The molecule has 19 heavy (non-hydrogen) atoms. The average molecular weight is 255 g/mol. The van der Waals surface area contributed by atoms with Gasteiger partial charge in [-0.1, -0.05) is 38.1 Å². The van der Waals surface area contributed by atoms with Crippen LogP contribution in [-0.2, 0) is 6.54 Å². The molecule has 2 rings (SSSR count). The molecule has 0 fully saturated rings. The van der Waals surface area contributed by atoms with Crippen LogP contribution in [0.2, 0.25) is 0 Å². The molecule has 0 amide bonds. The van der Waals surface area contributed by atoms with Crippen molar-refractivity contribution in [2.45, 2.75) is 33.2 Å². The number of benzene rings is 2. The third-order valence-electron chi connectivity index (χ3n) is 3.50. The van der Waals surface area contributed by atoms with Gasteiger partial charge in [-0.25, -0.2) is 0 Å². The van der Waals surface area contributed by atoms with Crippen LogP contribution in [0.4, 0.5) is 0 Å². The van der Waals surface area contributed by atoms with Gasteiger partial charge in [-0.2, -0.15) is 0 Å². The lowest BCUT2D eigenvalue weighted by molar-refractivity contribution is 0.464. The van der Waals surface area contributed by atoms with E-state index < -0.39 is 0 Å². The molecular weight excluding hydrogens is 234 g/mol. The van der Waals surface area contributed by atoms with Gasteiger partial charge in [0.2, 0.25) is 0 Å². The number of hydrogen-bond acceptors (Lipinski definition) is 2. The van der Waals surface area contributed by atoms with Crippen LogP contribution in [0, 0.1) is 6.92 Å². The van der Waals surface area contributed by atoms with E-state index in [4.69, 9.17) is 5.73 Å². The highest BCUT2D eigenvalue weighted by atomic mass is 16.3. The smallest absolute Gasteiger partial charge is 0.119 e. The Morgan fingerprint density at radius 1 is 1.11 bits per heavy atom. The first kappa shape index (κ1) is 13.6. The van der Waals surface area contributed by atoms with E-state index in [2.05, 4.69) is 44.2 Å². The number of phenols is 1. The molecule has 0 aromatic heterocycles. The van der Waals surface area contributed by atoms with Crippen LogP contribution in [0.5, 0.6) is 5.75 Å². The molecule has 0 aliphatic carbocycles.